The Morgan fingerprint density at radius 1 is 1.00 bits per heavy atom. The van der Waals surface area contributed by atoms with Crippen molar-refractivity contribution in [3.8, 4) is 5.75 Å². The van der Waals surface area contributed by atoms with E-state index in [2.05, 4.69) is 5.32 Å². The second-order valence-corrected chi connectivity index (χ2v) is 6.61. The lowest BCUT2D eigenvalue weighted by Crippen LogP contribution is -2.30. The lowest BCUT2D eigenvalue weighted by molar-refractivity contribution is -0.124. The van der Waals surface area contributed by atoms with E-state index >= 15 is 0 Å². The van der Waals surface area contributed by atoms with E-state index in [1.54, 1.807) is 12.1 Å². The van der Waals surface area contributed by atoms with Crippen LogP contribution in [-0.4, -0.2) is 25.0 Å². The van der Waals surface area contributed by atoms with Gasteiger partial charge in [0.2, 0.25) is 5.76 Å². The van der Waals surface area contributed by atoms with Gasteiger partial charge in [0.25, 0.3) is 5.91 Å². The Balaban J connectivity index is 1.37. The second kappa shape index (κ2) is 10.3. The zero-order chi connectivity index (χ0) is 20.5. The van der Waals surface area contributed by atoms with Crippen molar-refractivity contribution in [2.75, 3.05) is 13.2 Å². The average Bonchev–Trinajstić information content (AvgIpc) is 3.20. The highest BCUT2D eigenvalue weighted by atomic mass is 35.5. The SMILES string of the molecule is O=C(COC(=O)c1ccc(COc2ccccc2)o1)NCCc1cccc(Cl)c1. The van der Waals surface area contributed by atoms with Crippen molar-refractivity contribution in [3.63, 3.8) is 0 Å². The van der Waals surface area contributed by atoms with Crippen molar-refractivity contribution >= 4 is 23.5 Å². The molecule has 0 saturated heterocycles. The molecule has 0 aliphatic carbocycles. The number of rotatable bonds is 9. The van der Waals surface area contributed by atoms with E-state index in [0.29, 0.717) is 29.5 Å². The molecule has 6 nitrogen and oxygen atoms in total. The van der Waals surface area contributed by atoms with Crippen LogP contribution >= 0.6 is 11.6 Å². The fraction of sp³-hybridized carbons (Fsp3) is 0.182. The van der Waals surface area contributed by atoms with Crippen LogP contribution in [-0.2, 0) is 22.6 Å². The summed E-state index contributed by atoms with van der Waals surface area (Å²) in [6, 6.07) is 19.8. The van der Waals surface area contributed by atoms with Crippen LogP contribution in [0.25, 0.3) is 0 Å². The Morgan fingerprint density at radius 3 is 2.62 bits per heavy atom. The maximum atomic E-state index is 12.0. The van der Waals surface area contributed by atoms with Crippen molar-refractivity contribution in [2.45, 2.75) is 13.0 Å². The Labute approximate surface area is 173 Å². The van der Waals surface area contributed by atoms with E-state index in [4.69, 9.17) is 25.5 Å². The van der Waals surface area contributed by atoms with Gasteiger partial charge < -0.3 is 19.2 Å². The van der Waals surface area contributed by atoms with Crippen molar-refractivity contribution in [3.05, 3.63) is 88.8 Å². The highest BCUT2D eigenvalue weighted by Gasteiger charge is 2.15. The van der Waals surface area contributed by atoms with Crippen LogP contribution < -0.4 is 10.1 Å². The Kier molecular flexibility index (Phi) is 7.30. The van der Waals surface area contributed by atoms with Crippen LogP contribution in [0.15, 0.2) is 71.1 Å². The molecular weight excluding hydrogens is 394 g/mol. The minimum Gasteiger partial charge on any atom is -0.486 e. The number of benzene rings is 2. The molecular formula is C22H20ClNO5. The molecule has 0 unspecified atom stereocenters. The fourth-order valence-corrected chi connectivity index (χ4v) is 2.74. The van der Waals surface area contributed by atoms with E-state index in [1.807, 2.05) is 48.5 Å². The molecule has 150 valence electrons. The highest BCUT2D eigenvalue weighted by Crippen LogP contribution is 2.14. The maximum absolute atomic E-state index is 12.0. The summed E-state index contributed by atoms with van der Waals surface area (Å²) in [7, 11) is 0. The van der Waals surface area contributed by atoms with Gasteiger partial charge in [-0.05, 0) is 48.4 Å². The van der Waals surface area contributed by atoms with Crippen LogP contribution in [0.2, 0.25) is 5.02 Å². The van der Waals surface area contributed by atoms with Crippen molar-refractivity contribution < 1.29 is 23.5 Å². The van der Waals surface area contributed by atoms with Gasteiger partial charge in [-0.3, -0.25) is 4.79 Å². The van der Waals surface area contributed by atoms with Gasteiger partial charge in [0.15, 0.2) is 6.61 Å². The maximum Gasteiger partial charge on any atom is 0.374 e. The number of carbonyl (C=O) groups excluding carboxylic acids is 2. The molecule has 0 atom stereocenters. The number of furan rings is 1. The predicted octanol–water partition coefficient (Wildman–Crippen LogP) is 4.03. The minimum atomic E-state index is -0.707. The number of ether oxygens (including phenoxy) is 2. The molecule has 2 aromatic carbocycles. The van der Waals surface area contributed by atoms with Crippen LogP contribution in [0.4, 0.5) is 0 Å². The largest absolute Gasteiger partial charge is 0.486 e. The van der Waals surface area contributed by atoms with Gasteiger partial charge in [-0.2, -0.15) is 0 Å². The van der Waals surface area contributed by atoms with E-state index in [9.17, 15) is 9.59 Å². The number of hydrogen-bond donors (Lipinski definition) is 1. The van der Waals surface area contributed by atoms with Gasteiger partial charge in [0.05, 0.1) is 0 Å². The first kappa shape index (κ1) is 20.5. The lowest BCUT2D eigenvalue weighted by atomic mass is 10.1. The minimum absolute atomic E-state index is 0.0170. The molecule has 0 fully saturated rings. The molecule has 0 aliphatic rings. The molecule has 29 heavy (non-hydrogen) atoms. The highest BCUT2D eigenvalue weighted by molar-refractivity contribution is 6.30. The Morgan fingerprint density at radius 2 is 1.83 bits per heavy atom. The predicted molar refractivity (Wildman–Crippen MR) is 108 cm³/mol. The zero-order valence-electron chi connectivity index (χ0n) is 15.6. The molecule has 0 radical (unpaired) electrons. The van der Waals surface area contributed by atoms with Crippen LogP contribution in [0.1, 0.15) is 21.9 Å². The first-order valence-electron chi connectivity index (χ1n) is 9.05. The molecule has 1 heterocycles. The summed E-state index contributed by atoms with van der Waals surface area (Å²) in [5, 5.41) is 3.34. The summed E-state index contributed by atoms with van der Waals surface area (Å²) in [4.78, 5) is 23.9. The average molecular weight is 414 g/mol. The first-order chi connectivity index (χ1) is 14.1. The third-order valence-electron chi connectivity index (χ3n) is 3.95. The summed E-state index contributed by atoms with van der Waals surface area (Å²) >= 11 is 5.92. The van der Waals surface area contributed by atoms with Gasteiger partial charge in [-0.25, -0.2) is 4.79 Å². The summed E-state index contributed by atoms with van der Waals surface area (Å²) in [6.07, 6.45) is 0.628. The standard InChI is InChI=1S/C22H20ClNO5/c23-17-6-4-5-16(13-17)11-12-24-21(25)15-28-22(26)20-10-9-19(29-20)14-27-18-7-2-1-3-8-18/h1-10,13H,11-12,14-15H2,(H,24,25). The third kappa shape index (κ3) is 6.69. The molecule has 0 spiro atoms. The second-order valence-electron chi connectivity index (χ2n) is 6.17. The van der Waals surface area contributed by atoms with Gasteiger partial charge in [-0.1, -0.05) is 41.9 Å². The molecule has 7 heteroatoms. The van der Waals surface area contributed by atoms with Crippen LogP contribution in [0, 0.1) is 0 Å². The molecule has 0 bridgehead atoms. The van der Waals surface area contributed by atoms with Gasteiger partial charge in [0.1, 0.15) is 18.1 Å². The normalized spacial score (nSPS) is 10.4. The number of nitrogens with one attached hydrogen (secondary N) is 1. The van der Waals surface area contributed by atoms with Crippen LogP contribution in [0.3, 0.4) is 0 Å². The van der Waals surface area contributed by atoms with Gasteiger partial charge >= 0.3 is 5.97 Å². The third-order valence-corrected chi connectivity index (χ3v) is 4.18. The Hall–Kier alpha value is -3.25. The number of halogens is 1. The van der Waals surface area contributed by atoms with Crippen molar-refractivity contribution in [2.24, 2.45) is 0 Å². The van der Waals surface area contributed by atoms with E-state index in [0.717, 1.165) is 5.56 Å². The molecule has 0 aliphatic heterocycles. The van der Waals surface area contributed by atoms with E-state index in [-0.39, 0.29) is 24.9 Å². The number of carbonyl (C=O) groups is 2. The van der Waals surface area contributed by atoms with Gasteiger partial charge in [0, 0.05) is 11.6 Å². The topological polar surface area (TPSA) is 77.8 Å². The Bertz CT molecular complexity index is 955. The molecule has 1 N–H and O–H groups in total. The number of para-hydroxylation sites is 1. The van der Waals surface area contributed by atoms with E-state index < -0.39 is 5.97 Å². The molecule has 3 aromatic rings. The van der Waals surface area contributed by atoms with E-state index in [1.165, 1.54) is 6.07 Å². The summed E-state index contributed by atoms with van der Waals surface area (Å²) in [5.41, 5.74) is 1.01. The smallest absolute Gasteiger partial charge is 0.374 e. The summed E-state index contributed by atoms with van der Waals surface area (Å²) in [5.74, 6) is 0.0955. The summed E-state index contributed by atoms with van der Waals surface area (Å²) in [6.45, 7) is 0.213. The molecule has 1 amide bonds. The van der Waals surface area contributed by atoms with Crippen LogP contribution in [0.5, 0.6) is 5.75 Å². The quantitative estimate of drug-likeness (QED) is 0.536. The van der Waals surface area contributed by atoms with Gasteiger partial charge in [-0.15, -0.1) is 0 Å². The monoisotopic (exact) mass is 413 g/mol. The van der Waals surface area contributed by atoms with Crippen molar-refractivity contribution in [1.82, 2.24) is 5.32 Å². The number of amides is 1. The molecule has 3 rings (SSSR count). The summed E-state index contributed by atoms with van der Waals surface area (Å²) < 4.78 is 15.9. The van der Waals surface area contributed by atoms with Crippen molar-refractivity contribution in [1.29, 1.82) is 0 Å². The lowest BCUT2D eigenvalue weighted by Gasteiger charge is -2.06. The number of esters is 1. The fourth-order valence-electron chi connectivity index (χ4n) is 2.53. The molecule has 0 saturated carbocycles. The zero-order valence-corrected chi connectivity index (χ0v) is 16.4. The first-order valence-corrected chi connectivity index (χ1v) is 9.43. The number of hydrogen-bond acceptors (Lipinski definition) is 5. The molecule has 1 aromatic heterocycles.